The Labute approximate surface area is 180 Å². The Morgan fingerprint density at radius 3 is 2.59 bits per heavy atom. The molecule has 2 aromatic rings. The molecule has 0 saturated carbocycles. The van der Waals surface area contributed by atoms with Gasteiger partial charge in [0.15, 0.2) is 11.8 Å². The molecule has 0 aliphatic heterocycles. The number of halogens is 1. The van der Waals surface area contributed by atoms with Crippen LogP contribution < -0.4 is 10.6 Å². The van der Waals surface area contributed by atoms with Crippen molar-refractivity contribution in [3.8, 4) is 5.69 Å². The summed E-state index contributed by atoms with van der Waals surface area (Å²) < 4.78 is 1.98. The maximum Gasteiger partial charge on any atom is 0.191 e. The Bertz CT molecular complexity index is 656. The number of hydrogen-bond donors (Lipinski definition) is 2. The number of hydrogen-bond acceptors (Lipinski definition) is 3. The molecule has 0 aliphatic carbocycles. The Hall–Kier alpha value is -1.64. The van der Waals surface area contributed by atoms with Crippen LogP contribution in [0.4, 0.5) is 0 Å². The summed E-state index contributed by atoms with van der Waals surface area (Å²) in [6, 6.07) is 10.1. The molecule has 0 fully saturated rings. The van der Waals surface area contributed by atoms with E-state index in [4.69, 9.17) is 4.99 Å². The number of aromatic nitrogens is 3. The first-order chi connectivity index (χ1) is 12.8. The molecule has 1 atom stereocenters. The van der Waals surface area contributed by atoms with E-state index in [1.54, 1.807) is 6.33 Å². The van der Waals surface area contributed by atoms with Gasteiger partial charge in [0, 0.05) is 18.8 Å². The molecule has 0 bridgehead atoms. The minimum absolute atomic E-state index is 0. The summed E-state index contributed by atoms with van der Waals surface area (Å²) in [5, 5.41) is 15.1. The summed E-state index contributed by atoms with van der Waals surface area (Å²) in [7, 11) is 0. The fourth-order valence-electron chi connectivity index (χ4n) is 2.85. The third kappa shape index (κ3) is 7.86. The van der Waals surface area contributed by atoms with E-state index in [1.807, 2.05) is 34.9 Å². The minimum atomic E-state index is 0. The Balaban J connectivity index is 0.00000364. The highest BCUT2D eigenvalue weighted by molar-refractivity contribution is 14.0. The predicted octanol–water partition coefficient (Wildman–Crippen LogP) is 4.16. The number of para-hydroxylation sites is 1. The number of benzene rings is 1. The molecule has 0 spiro atoms. The second-order valence-corrected chi connectivity index (χ2v) is 6.45. The van der Waals surface area contributed by atoms with Crippen LogP contribution in [-0.2, 0) is 6.54 Å². The van der Waals surface area contributed by atoms with E-state index in [0.717, 1.165) is 30.6 Å². The lowest BCUT2D eigenvalue weighted by Gasteiger charge is -2.18. The number of nitrogens with one attached hydrogen (secondary N) is 2. The van der Waals surface area contributed by atoms with Gasteiger partial charge >= 0.3 is 0 Å². The fourth-order valence-corrected chi connectivity index (χ4v) is 2.85. The van der Waals surface area contributed by atoms with E-state index in [9.17, 15) is 0 Å². The third-order valence-corrected chi connectivity index (χ3v) is 4.48. The van der Waals surface area contributed by atoms with Crippen LogP contribution >= 0.6 is 24.0 Å². The van der Waals surface area contributed by atoms with Gasteiger partial charge in [-0.05, 0) is 31.4 Å². The SMILES string of the molecule is CCCCC(CC)CNC(=NCc1nncn1-c1ccccc1)NCC.I. The van der Waals surface area contributed by atoms with Crippen molar-refractivity contribution < 1.29 is 0 Å². The van der Waals surface area contributed by atoms with Crippen molar-refractivity contribution >= 4 is 29.9 Å². The maximum absolute atomic E-state index is 4.70. The molecule has 0 saturated heterocycles. The summed E-state index contributed by atoms with van der Waals surface area (Å²) in [5.74, 6) is 2.35. The highest BCUT2D eigenvalue weighted by Crippen LogP contribution is 2.11. The molecule has 1 aromatic heterocycles. The first-order valence-corrected chi connectivity index (χ1v) is 9.74. The molecule has 0 radical (unpaired) electrons. The number of nitrogens with zero attached hydrogens (tertiary/aromatic N) is 4. The minimum Gasteiger partial charge on any atom is -0.357 e. The summed E-state index contributed by atoms with van der Waals surface area (Å²) >= 11 is 0. The second kappa shape index (κ2) is 13.5. The van der Waals surface area contributed by atoms with Crippen LogP contribution in [0.2, 0.25) is 0 Å². The average Bonchev–Trinajstić information content (AvgIpc) is 3.15. The van der Waals surface area contributed by atoms with Crippen LogP contribution in [-0.4, -0.2) is 33.8 Å². The second-order valence-electron chi connectivity index (χ2n) is 6.45. The zero-order valence-electron chi connectivity index (χ0n) is 16.7. The summed E-state index contributed by atoms with van der Waals surface area (Å²) in [6.07, 6.45) is 6.72. The van der Waals surface area contributed by atoms with Crippen molar-refractivity contribution in [1.29, 1.82) is 0 Å². The molecule has 2 N–H and O–H groups in total. The van der Waals surface area contributed by atoms with Crippen molar-refractivity contribution in [2.75, 3.05) is 13.1 Å². The molecule has 6 nitrogen and oxygen atoms in total. The van der Waals surface area contributed by atoms with Crippen molar-refractivity contribution in [3.63, 3.8) is 0 Å². The Kier molecular flexibility index (Phi) is 11.7. The lowest BCUT2D eigenvalue weighted by atomic mass is 9.99. The van der Waals surface area contributed by atoms with Gasteiger partial charge in [0.1, 0.15) is 12.9 Å². The van der Waals surface area contributed by atoms with E-state index in [1.165, 1.54) is 25.7 Å². The topological polar surface area (TPSA) is 67.1 Å². The normalized spacial score (nSPS) is 12.3. The molecule has 2 rings (SSSR count). The average molecular weight is 484 g/mol. The molecular weight excluding hydrogens is 451 g/mol. The van der Waals surface area contributed by atoms with E-state index in [-0.39, 0.29) is 24.0 Å². The van der Waals surface area contributed by atoms with E-state index >= 15 is 0 Å². The largest absolute Gasteiger partial charge is 0.357 e. The molecular formula is C20H33IN6. The van der Waals surface area contributed by atoms with Crippen LogP contribution in [0.15, 0.2) is 41.7 Å². The van der Waals surface area contributed by atoms with Gasteiger partial charge in [-0.3, -0.25) is 4.57 Å². The zero-order chi connectivity index (χ0) is 18.6. The van der Waals surface area contributed by atoms with Gasteiger partial charge in [-0.2, -0.15) is 0 Å². The summed E-state index contributed by atoms with van der Waals surface area (Å²) in [6.45, 7) is 8.85. The van der Waals surface area contributed by atoms with Gasteiger partial charge in [-0.15, -0.1) is 34.2 Å². The van der Waals surface area contributed by atoms with Gasteiger partial charge in [-0.25, -0.2) is 4.99 Å². The molecule has 0 aliphatic rings. The van der Waals surface area contributed by atoms with Gasteiger partial charge in [-0.1, -0.05) is 51.3 Å². The lowest BCUT2D eigenvalue weighted by molar-refractivity contribution is 0.443. The van der Waals surface area contributed by atoms with Crippen molar-refractivity contribution in [3.05, 3.63) is 42.5 Å². The Morgan fingerprint density at radius 1 is 1.15 bits per heavy atom. The van der Waals surface area contributed by atoms with Crippen LogP contribution in [0.5, 0.6) is 0 Å². The van der Waals surface area contributed by atoms with Gasteiger partial charge < -0.3 is 10.6 Å². The number of rotatable bonds is 10. The van der Waals surface area contributed by atoms with Crippen molar-refractivity contribution in [2.24, 2.45) is 10.9 Å². The maximum atomic E-state index is 4.70. The van der Waals surface area contributed by atoms with Crippen LogP contribution in [0.25, 0.3) is 5.69 Å². The first-order valence-electron chi connectivity index (χ1n) is 9.74. The third-order valence-electron chi connectivity index (χ3n) is 4.48. The molecule has 7 heteroatoms. The summed E-state index contributed by atoms with van der Waals surface area (Å²) in [5.41, 5.74) is 1.05. The standard InChI is InChI=1S/C20H32N6.HI/c1-4-7-11-17(5-2)14-22-20(21-6-3)23-15-19-25-24-16-26(19)18-12-9-8-10-13-18;/h8-10,12-13,16-17H,4-7,11,14-15H2,1-3H3,(H2,21,22,23);1H. The van der Waals surface area contributed by atoms with Gasteiger partial charge in [0.05, 0.1) is 0 Å². The van der Waals surface area contributed by atoms with Crippen molar-refractivity contribution in [2.45, 2.75) is 53.0 Å². The molecule has 0 amide bonds. The Morgan fingerprint density at radius 2 is 1.93 bits per heavy atom. The monoisotopic (exact) mass is 484 g/mol. The number of guanidine groups is 1. The predicted molar refractivity (Wildman–Crippen MR) is 123 cm³/mol. The zero-order valence-corrected chi connectivity index (χ0v) is 19.0. The van der Waals surface area contributed by atoms with E-state index in [2.05, 4.69) is 41.6 Å². The molecule has 1 unspecified atom stereocenters. The highest BCUT2D eigenvalue weighted by Gasteiger charge is 2.09. The van der Waals surface area contributed by atoms with Crippen LogP contribution in [0.3, 0.4) is 0 Å². The quantitative estimate of drug-likeness (QED) is 0.302. The molecule has 1 heterocycles. The van der Waals surface area contributed by atoms with Crippen LogP contribution in [0.1, 0.15) is 52.3 Å². The smallest absolute Gasteiger partial charge is 0.191 e. The van der Waals surface area contributed by atoms with E-state index < -0.39 is 0 Å². The van der Waals surface area contributed by atoms with E-state index in [0.29, 0.717) is 12.5 Å². The van der Waals surface area contributed by atoms with Crippen molar-refractivity contribution in [1.82, 2.24) is 25.4 Å². The molecule has 1 aromatic carbocycles. The summed E-state index contributed by atoms with van der Waals surface area (Å²) in [4.78, 5) is 4.70. The van der Waals surface area contributed by atoms with Gasteiger partial charge in [0.25, 0.3) is 0 Å². The number of aliphatic imine (C=N–C) groups is 1. The van der Waals surface area contributed by atoms with Crippen LogP contribution in [0, 0.1) is 5.92 Å². The fraction of sp³-hybridized carbons (Fsp3) is 0.550. The first kappa shape index (κ1) is 23.4. The molecule has 27 heavy (non-hydrogen) atoms. The lowest BCUT2D eigenvalue weighted by Crippen LogP contribution is -2.39. The highest BCUT2D eigenvalue weighted by atomic mass is 127. The van der Waals surface area contributed by atoms with Gasteiger partial charge in [0.2, 0.25) is 0 Å². The molecule has 150 valence electrons. The number of unbranched alkanes of at least 4 members (excludes halogenated alkanes) is 1.